The lowest BCUT2D eigenvalue weighted by Gasteiger charge is -2.13. The van der Waals surface area contributed by atoms with Gasteiger partial charge in [-0.3, -0.25) is 0 Å². The Balaban J connectivity index is 1.86. The van der Waals surface area contributed by atoms with Crippen molar-refractivity contribution in [3.8, 4) is 5.75 Å². The quantitative estimate of drug-likeness (QED) is 0.782. The van der Waals surface area contributed by atoms with Gasteiger partial charge < -0.3 is 15.4 Å². The summed E-state index contributed by atoms with van der Waals surface area (Å²) in [5.74, 6) is 0.923. The van der Waals surface area contributed by atoms with E-state index in [2.05, 4.69) is 48.7 Å². The van der Waals surface area contributed by atoms with Crippen LogP contribution in [0.5, 0.6) is 5.75 Å². The molecule has 0 aliphatic rings. The summed E-state index contributed by atoms with van der Waals surface area (Å²) in [4.78, 5) is 0. The fourth-order valence-electron chi connectivity index (χ4n) is 2.46. The fourth-order valence-corrected chi connectivity index (χ4v) is 2.68. The van der Waals surface area contributed by atoms with Crippen LogP contribution >= 0.6 is 12.2 Å². The van der Waals surface area contributed by atoms with Crippen molar-refractivity contribution in [1.29, 1.82) is 0 Å². The highest BCUT2D eigenvalue weighted by Gasteiger charge is 2.04. The Morgan fingerprint density at radius 3 is 2.74 bits per heavy atom. The third kappa shape index (κ3) is 5.25. The second-order valence-electron chi connectivity index (χ2n) is 5.50. The number of anilines is 1. The fraction of sp³-hybridized carbons (Fsp3) is 0.316. The van der Waals surface area contributed by atoms with Gasteiger partial charge in [0, 0.05) is 12.2 Å². The van der Waals surface area contributed by atoms with E-state index < -0.39 is 0 Å². The zero-order chi connectivity index (χ0) is 16.7. The Bertz CT molecular complexity index is 670. The molecule has 0 atom stereocenters. The number of aryl methyl sites for hydroxylation is 2. The molecule has 0 saturated heterocycles. The number of nitrogens with one attached hydrogen (secondary N) is 2. The minimum Gasteiger partial charge on any atom is -0.496 e. The molecule has 3 nitrogen and oxygen atoms in total. The molecule has 0 aromatic heterocycles. The average Bonchev–Trinajstić information content (AvgIpc) is 2.55. The van der Waals surface area contributed by atoms with Gasteiger partial charge in [0.2, 0.25) is 0 Å². The van der Waals surface area contributed by atoms with Crippen molar-refractivity contribution in [3.63, 3.8) is 0 Å². The van der Waals surface area contributed by atoms with Crippen molar-refractivity contribution in [2.75, 3.05) is 19.0 Å². The molecular formula is C19H24N2OS. The summed E-state index contributed by atoms with van der Waals surface area (Å²) in [6.07, 6.45) is 1.88. The third-order valence-corrected chi connectivity index (χ3v) is 3.96. The van der Waals surface area contributed by atoms with Gasteiger partial charge in [-0.25, -0.2) is 0 Å². The summed E-state index contributed by atoms with van der Waals surface area (Å²) >= 11 is 5.36. The predicted molar refractivity (Wildman–Crippen MR) is 101 cm³/mol. The molecule has 0 saturated carbocycles. The van der Waals surface area contributed by atoms with Crippen LogP contribution in [0.25, 0.3) is 0 Å². The number of hydrogen-bond acceptors (Lipinski definition) is 2. The monoisotopic (exact) mass is 328 g/mol. The molecule has 0 bridgehead atoms. The van der Waals surface area contributed by atoms with E-state index >= 15 is 0 Å². The van der Waals surface area contributed by atoms with Crippen molar-refractivity contribution < 1.29 is 4.74 Å². The van der Waals surface area contributed by atoms with Gasteiger partial charge in [0.05, 0.1) is 7.11 Å². The number of rotatable bonds is 6. The maximum Gasteiger partial charge on any atom is 0.170 e. The first-order chi connectivity index (χ1) is 11.1. The lowest BCUT2D eigenvalue weighted by atomic mass is 10.1. The second-order valence-corrected chi connectivity index (χ2v) is 5.91. The summed E-state index contributed by atoms with van der Waals surface area (Å²) in [6.45, 7) is 4.99. The lowest BCUT2D eigenvalue weighted by Crippen LogP contribution is -2.30. The molecule has 2 rings (SSSR count). The van der Waals surface area contributed by atoms with E-state index in [1.165, 1.54) is 16.7 Å². The van der Waals surface area contributed by atoms with E-state index in [1.54, 1.807) is 7.11 Å². The van der Waals surface area contributed by atoms with Gasteiger partial charge in [-0.05, 0) is 61.3 Å². The zero-order valence-electron chi connectivity index (χ0n) is 14.0. The maximum absolute atomic E-state index is 5.40. The van der Waals surface area contributed by atoms with E-state index in [-0.39, 0.29) is 0 Å². The Hall–Kier alpha value is -2.07. The number of methoxy groups -OCH3 is 1. The van der Waals surface area contributed by atoms with E-state index in [0.29, 0.717) is 5.11 Å². The Morgan fingerprint density at radius 1 is 1.17 bits per heavy atom. The van der Waals surface area contributed by atoms with E-state index in [4.69, 9.17) is 17.0 Å². The van der Waals surface area contributed by atoms with Gasteiger partial charge in [0.1, 0.15) is 5.75 Å². The first-order valence-corrected chi connectivity index (χ1v) is 8.30. The highest BCUT2D eigenvalue weighted by atomic mass is 32.1. The average molecular weight is 328 g/mol. The van der Waals surface area contributed by atoms with Crippen LogP contribution < -0.4 is 15.4 Å². The van der Waals surface area contributed by atoms with Crippen molar-refractivity contribution in [2.24, 2.45) is 0 Å². The minimum atomic E-state index is 0.643. The first-order valence-electron chi connectivity index (χ1n) is 7.89. The molecule has 23 heavy (non-hydrogen) atoms. The van der Waals surface area contributed by atoms with Crippen molar-refractivity contribution >= 4 is 23.0 Å². The van der Waals surface area contributed by atoms with E-state index in [9.17, 15) is 0 Å². The lowest BCUT2D eigenvalue weighted by molar-refractivity contribution is 0.409. The molecule has 0 spiro atoms. The molecule has 0 radical (unpaired) electrons. The molecule has 4 heteroatoms. The number of benzene rings is 2. The normalized spacial score (nSPS) is 10.2. The summed E-state index contributed by atoms with van der Waals surface area (Å²) in [5.41, 5.74) is 4.74. The predicted octanol–water partition coefficient (Wildman–Crippen LogP) is 4.10. The Labute approximate surface area is 144 Å². The highest BCUT2D eigenvalue weighted by molar-refractivity contribution is 7.80. The second kappa shape index (κ2) is 8.53. The maximum atomic E-state index is 5.40. The van der Waals surface area contributed by atoms with Crippen LogP contribution in [0.1, 0.15) is 23.6 Å². The topological polar surface area (TPSA) is 33.3 Å². The molecule has 122 valence electrons. The molecule has 0 fully saturated rings. The number of ether oxygens (including phenoxy) is 1. The molecule has 2 N–H and O–H groups in total. The van der Waals surface area contributed by atoms with Crippen LogP contribution in [0.4, 0.5) is 5.69 Å². The van der Waals surface area contributed by atoms with E-state index in [1.807, 2.05) is 18.2 Å². The van der Waals surface area contributed by atoms with Gasteiger partial charge in [0.15, 0.2) is 5.11 Å². The number of hydrogen-bond donors (Lipinski definition) is 2. The summed E-state index contributed by atoms with van der Waals surface area (Å²) in [7, 11) is 1.70. The molecule has 0 unspecified atom stereocenters. The molecular weight excluding hydrogens is 304 g/mol. The molecule has 0 amide bonds. The van der Waals surface area contributed by atoms with Gasteiger partial charge in [-0.1, -0.05) is 36.8 Å². The van der Waals surface area contributed by atoms with Crippen LogP contribution in [-0.4, -0.2) is 18.8 Å². The smallest absolute Gasteiger partial charge is 0.170 e. The molecule has 0 heterocycles. The SMILES string of the molecule is CCc1cccc(NC(=S)NCCc2cc(C)ccc2OC)c1. The standard InChI is InChI=1S/C19H24N2OS/c1-4-15-6-5-7-17(13-15)21-19(23)20-11-10-16-12-14(2)8-9-18(16)22-3/h5-9,12-13H,4,10-11H2,1-3H3,(H2,20,21,23). The zero-order valence-corrected chi connectivity index (χ0v) is 14.8. The highest BCUT2D eigenvalue weighted by Crippen LogP contribution is 2.19. The minimum absolute atomic E-state index is 0.643. The summed E-state index contributed by atoms with van der Waals surface area (Å²) in [6, 6.07) is 14.5. The van der Waals surface area contributed by atoms with E-state index in [0.717, 1.165) is 30.8 Å². The molecule has 0 aliphatic heterocycles. The van der Waals surface area contributed by atoms with Gasteiger partial charge in [-0.2, -0.15) is 0 Å². The van der Waals surface area contributed by atoms with Crippen molar-refractivity contribution in [1.82, 2.24) is 5.32 Å². The van der Waals surface area contributed by atoms with Crippen molar-refractivity contribution in [3.05, 3.63) is 59.2 Å². The van der Waals surface area contributed by atoms with Crippen LogP contribution in [0, 0.1) is 6.92 Å². The number of thiocarbonyl (C=S) groups is 1. The third-order valence-electron chi connectivity index (χ3n) is 3.71. The summed E-state index contributed by atoms with van der Waals surface area (Å²) < 4.78 is 5.40. The molecule has 2 aromatic carbocycles. The first kappa shape index (κ1) is 17.3. The van der Waals surface area contributed by atoms with Crippen LogP contribution in [-0.2, 0) is 12.8 Å². The van der Waals surface area contributed by atoms with Crippen LogP contribution in [0.2, 0.25) is 0 Å². The van der Waals surface area contributed by atoms with Crippen LogP contribution in [0.3, 0.4) is 0 Å². The van der Waals surface area contributed by atoms with Crippen molar-refractivity contribution in [2.45, 2.75) is 26.7 Å². The van der Waals surface area contributed by atoms with Gasteiger partial charge in [0.25, 0.3) is 0 Å². The molecule has 2 aromatic rings. The van der Waals surface area contributed by atoms with Crippen LogP contribution in [0.15, 0.2) is 42.5 Å². The molecule has 0 aliphatic carbocycles. The van der Waals surface area contributed by atoms with Gasteiger partial charge >= 0.3 is 0 Å². The van der Waals surface area contributed by atoms with Gasteiger partial charge in [-0.15, -0.1) is 0 Å². The Morgan fingerprint density at radius 2 is 2.00 bits per heavy atom. The Kier molecular flexibility index (Phi) is 6.41. The summed E-state index contributed by atoms with van der Waals surface area (Å²) in [5, 5.41) is 7.13. The largest absolute Gasteiger partial charge is 0.496 e.